The van der Waals surface area contributed by atoms with Crippen molar-refractivity contribution in [2.24, 2.45) is 0 Å². The van der Waals surface area contributed by atoms with Crippen molar-refractivity contribution < 1.29 is 36.2 Å². The van der Waals surface area contributed by atoms with Crippen LogP contribution in [0.4, 0.5) is 22.0 Å². The van der Waals surface area contributed by atoms with Gasteiger partial charge in [-0.25, -0.2) is 9.37 Å². The topological polar surface area (TPSA) is 60.5 Å². The van der Waals surface area contributed by atoms with E-state index in [9.17, 15) is 26.7 Å². The number of ether oxygens (including phenoxy) is 2. The quantitative estimate of drug-likeness (QED) is 0.656. The number of methoxy groups -OCH3 is 1. The van der Waals surface area contributed by atoms with Crippen LogP contribution in [0.3, 0.4) is 0 Å². The second-order valence-corrected chi connectivity index (χ2v) is 4.69. The Kier molecular flexibility index (Phi) is 5.40. The molecule has 1 amide bonds. The molecule has 0 fully saturated rings. The van der Waals surface area contributed by atoms with Crippen molar-refractivity contribution in [3.8, 4) is 11.5 Å². The highest BCUT2D eigenvalue weighted by molar-refractivity contribution is 5.96. The third kappa shape index (κ3) is 5.03. The van der Waals surface area contributed by atoms with Crippen LogP contribution in [-0.2, 0) is 6.54 Å². The first-order valence-corrected chi connectivity index (χ1v) is 6.71. The van der Waals surface area contributed by atoms with E-state index in [0.29, 0.717) is 0 Å². The monoisotopic (exact) mass is 362 g/mol. The summed E-state index contributed by atoms with van der Waals surface area (Å²) in [6.45, 7) is -0.452. The lowest BCUT2D eigenvalue weighted by molar-refractivity contribution is -0.274. The normalized spacial score (nSPS) is 11.1. The molecule has 0 spiro atoms. The van der Waals surface area contributed by atoms with Crippen molar-refractivity contribution in [2.75, 3.05) is 7.11 Å². The Morgan fingerprint density at radius 3 is 2.60 bits per heavy atom. The smallest absolute Gasteiger partial charge is 0.494 e. The molecule has 0 aliphatic heterocycles. The highest BCUT2D eigenvalue weighted by Crippen LogP contribution is 2.25. The fourth-order valence-electron chi connectivity index (χ4n) is 1.91. The van der Waals surface area contributed by atoms with Gasteiger partial charge in [0, 0.05) is 18.2 Å². The van der Waals surface area contributed by atoms with E-state index in [1.807, 2.05) is 0 Å². The lowest BCUT2D eigenvalue weighted by Crippen LogP contribution is -2.24. The Labute approximate surface area is 138 Å². The Hall–Kier alpha value is -2.91. The van der Waals surface area contributed by atoms with Crippen LogP contribution in [0.2, 0.25) is 0 Å². The van der Waals surface area contributed by atoms with Gasteiger partial charge in [0.25, 0.3) is 5.91 Å². The van der Waals surface area contributed by atoms with Gasteiger partial charge in [-0.05, 0) is 18.2 Å². The minimum Gasteiger partial charge on any atom is -0.494 e. The van der Waals surface area contributed by atoms with Crippen LogP contribution in [0.25, 0.3) is 0 Å². The number of alkyl halides is 3. The summed E-state index contributed by atoms with van der Waals surface area (Å²) in [5.41, 5.74) is -0.443. The standard InChI is InChI=1S/C15H11F5N2O3/c1-24-12-7-21-13(17)5-10(12)14(23)22-6-8-4-9(2-3-11(8)16)25-15(18,19)20/h2-5,7H,6H2,1H3,(H,22,23). The molecule has 1 aromatic carbocycles. The fraction of sp³-hybridized carbons (Fsp3) is 0.200. The molecule has 0 saturated heterocycles. The largest absolute Gasteiger partial charge is 0.573 e. The number of aromatic nitrogens is 1. The SMILES string of the molecule is COc1cnc(F)cc1C(=O)NCc1cc(OC(F)(F)F)ccc1F. The lowest BCUT2D eigenvalue weighted by atomic mass is 10.2. The molecule has 2 rings (SSSR count). The average molecular weight is 362 g/mol. The zero-order valence-electron chi connectivity index (χ0n) is 12.7. The number of rotatable bonds is 5. The Balaban J connectivity index is 2.14. The molecular weight excluding hydrogens is 351 g/mol. The molecule has 25 heavy (non-hydrogen) atoms. The first-order chi connectivity index (χ1) is 11.7. The van der Waals surface area contributed by atoms with E-state index in [4.69, 9.17) is 4.74 Å². The summed E-state index contributed by atoms with van der Waals surface area (Å²) in [5, 5.41) is 2.26. The average Bonchev–Trinajstić information content (AvgIpc) is 2.53. The summed E-state index contributed by atoms with van der Waals surface area (Å²) >= 11 is 0. The van der Waals surface area contributed by atoms with Crippen LogP contribution < -0.4 is 14.8 Å². The Bertz CT molecular complexity index is 780. The van der Waals surface area contributed by atoms with Gasteiger partial charge in [0.15, 0.2) is 0 Å². The molecular formula is C15H11F5N2O3. The number of hydrogen-bond acceptors (Lipinski definition) is 4. The second kappa shape index (κ2) is 7.32. The summed E-state index contributed by atoms with van der Waals surface area (Å²) in [6.07, 6.45) is -3.94. The number of benzene rings is 1. The zero-order valence-corrected chi connectivity index (χ0v) is 12.7. The van der Waals surface area contributed by atoms with Crippen molar-refractivity contribution in [1.29, 1.82) is 0 Å². The van der Waals surface area contributed by atoms with E-state index in [1.165, 1.54) is 7.11 Å². The maximum absolute atomic E-state index is 13.7. The number of carbonyl (C=O) groups excluding carboxylic acids is 1. The summed E-state index contributed by atoms with van der Waals surface area (Å²) in [7, 11) is 1.24. The van der Waals surface area contributed by atoms with Gasteiger partial charge in [0.05, 0.1) is 18.9 Å². The molecule has 1 heterocycles. The first-order valence-electron chi connectivity index (χ1n) is 6.71. The van der Waals surface area contributed by atoms with Crippen molar-refractivity contribution >= 4 is 5.91 Å². The number of pyridine rings is 1. The predicted octanol–water partition coefficient (Wildman–Crippen LogP) is 3.20. The van der Waals surface area contributed by atoms with E-state index in [2.05, 4.69) is 15.0 Å². The number of amides is 1. The molecule has 2 aromatic rings. The second-order valence-electron chi connectivity index (χ2n) is 4.69. The van der Waals surface area contributed by atoms with Crippen molar-refractivity contribution in [3.63, 3.8) is 0 Å². The van der Waals surface area contributed by atoms with Gasteiger partial charge < -0.3 is 14.8 Å². The number of carbonyl (C=O) groups is 1. The molecule has 1 aromatic heterocycles. The van der Waals surface area contributed by atoms with Gasteiger partial charge >= 0.3 is 6.36 Å². The third-order valence-electron chi connectivity index (χ3n) is 2.99. The van der Waals surface area contributed by atoms with Gasteiger partial charge in [0.2, 0.25) is 5.95 Å². The van der Waals surface area contributed by atoms with Crippen LogP contribution in [0.5, 0.6) is 11.5 Å². The summed E-state index contributed by atoms with van der Waals surface area (Å²) in [4.78, 5) is 15.4. The van der Waals surface area contributed by atoms with Gasteiger partial charge in [-0.15, -0.1) is 13.2 Å². The van der Waals surface area contributed by atoms with E-state index in [-0.39, 0.29) is 16.9 Å². The van der Waals surface area contributed by atoms with Crippen LogP contribution in [0, 0.1) is 11.8 Å². The van der Waals surface area contributed by atoms with Crippen LogP contribution in [0.1, 0.15) is 15.9 Å². The highest BCUT2D eigenvalue weighted by Gasteiger charge is 2.31. The molecule has 0 radical (unpaired) electrons. The highest BCUT2D eigenvalue weighted by atomic mass is 19.4. The summed E-state index contributed by atoms with van der Waals surface area (Å²) < 4.78 is 71.9. The molecule has 1 N–H and O–H groups in total. The van der Waals surface area contributed by atoms with Crippen LogP contribution in [-0.4, -0.2) is 24.4 Å². The van der Waals surface area contributed by atoms with Gasteiger partial charge in [-0.2, -0.15) is 4.39 Å². The number of nitrogens with zero attached hydrogens (tertiary/aromatic N) is 1. The molecule has 0 bridgehead atoms. The summed E-state index contributed by atoms with van der Waals surface area (Å²) in [5.74, 6) is -3.25. The van der Waals surface area contributed by atoms with E-state index < -0.39 is 36.3 Å². The van der Waals surface area contributed by atoms with Crippen LogP contribution >= 0.6 is 0 Å². The molecule has 0 unspecified atom stereocenters. The minimum absolute atomic E-state index is 0.0199. The Morgan fingerprint density at radius 1 is 1.24 bits per heavy atom. The van der Waals surface area contributed by atoms with Crippen molar-refractivity contribution in [2.45, 2.75) is 12.9 Å². The lowest BCUT2D eigenvalue weighted by Gasteiger charge is -2.12. The van der Waals surface area contributed by atoms with Crippen molar-refractivity contribution in [3.05, 3.63) is 53.4 Å². The van der Waals surface area contributed by atoms with E-state index in [0.717, 1.165) is 30.5 Å². The predicted molar refractivity (Wildman–Crippen MR) is 75.0 cm³/mol. The maximum Gasteiger partial charge on any atom is 0.573 e. The van der Waals surface area contributed by atoms with E-state index >= 15 is 0 Å². The molecule has 0 saturated carbocycles. The van der Waals surface area contributed by atoms with Gasteiger partial charge in [0.1, 0.15) is 17.3 Å². The fourth-order valence-corrected chi connectivity index (χ4v) is 1.91. The number of hydrogen-bond donors (Lipinski definition) is 1. The third-order valence-corrected chi connectivity index (χ3v) is 2.99. The molecule has 10 heteroatoms. The molecule has 0 aliphatic carbocycles. The molecule has 0 aliphatic rings. The Morgan fingerprint density at radius 2 is 1.96 bits per heavy atom. The molecule has 0 atom stereocenters. The number of nitrogens with one attached hydrogen (secondary N) is 1. The van der Waals surface area contributed by atoms with Gasteiger partial charge in [-0.1, -0.05) is 0 Å². The van der Waals surface area contributed by atoms with E-state index in [1.54, 1.807) is 0 Å². The maximum atomic E-state index is 13.7. The van der Waals surface area contributed by atoms with Crippen molar-refractivity contribution in [1.82, 2.24) is 10.3 Å². The molecule has 5 nitrogen and oxygen atoms in total. The first kappa shape index (κ1) is 18.4. The van der Waals surface area contributed by atoms with Gasteiger partial charge in [-0.3, -0.25) is 4.79 Å². The summed E-state index contributed by atoms with van der Waals surface area (Å²) in [6, 6.07) is 3.19. The minimum atomic E-state index is -4.93. The number of halogens is 5. The molecule has 134 valence electrons. The van der Waals surface area contributed by atoms with Crippen LogP contribution in [0.15, 0.2) is 30.5 Å². The zero-order chi connectivity index (χ0) is 18.6.